The van der Waals surface area contributed by atoms with Gasteiger partial charge in [-0.05, 0) is 11.5 Å². The Labute approximate surface area is 104 Å². The van der Waals surface area contributed by atoms with Crippen molar-refractivity contribution in [3.05, 3.63) is 5.82 Å². The topological polar surface area (TPSA) is 120 Å². The summed E-state index contributed by atoms with van der Waals surface area (Å²) in [6, 6.07) is 0. The van der Waals surface area contributed by atoms with Gasteiger partial charge < -0.3 is 0 Å². The van der Waals surface area contributed by atoms with Gasteiger partial charge in [0.2, 0.25) is 24.2 Å². The average molecular weight is 299 g/mol. The van der Waals surface area contributed by atoms with E-state index in [0.29, 0.717) is 5.82 Å². The summed E-state index contributed by atoms with van der Waals surface area (Å²) in [7, 11) is -7.52. The Balaban J connectivity index is 2.90. The number of aromatic nitrogens is 2. The van der Waals surface area contributed by atoms with Gasteiger partial charge in [0.05, 0.1) is 11.5 Å². The van der Waals surface area contributed by atoms with E-state index in [9.17, 15) is 16.8 Å². The number of nitrogens with two attached hydrogens (primary N) is 1. The molecular formula is C7H13N3O4S3. The van der Waals surface area contributed by atoms with Crippen LogP contribution in [0.2, 0.25) is 0 Å². The van der Waals surface area contributed by atoms with Crippen LogP contribution in [0.15, 0.2) is 4.34 Å². The number of primary sulfonamides is 1. The lowest BCUT2D eigenvalue weighted by molar-refractivity contribution is 0.587. The number of sulfone groups is 1. The Kier molecular flexibility index (Phi) is 4.23. The zero-order valence-corrected chi connectivity index (χ0v) is 11.8. The quantitative estimate of drug-likeness (QED) is 0.798. The van der Waals surface area contributed by atoms with Crippen LogP contribution in [0.1, 0.15) is 25.6 Å². The Morgan fingerprint density at radius 1 is 1.24 bits per heavy atom. The molecule has 0 fully saturated rings. The minimum atomic E-state index is -3.80. The van der Waals surface area contributed by atoms with Crippen LogP contribution in [0.3, 0.4) is 0 Å². The van der Waals surface area contributed by atoms with Gasteiger partial charge in [0.15, 0.2) is 0 Å². The van der Waals surface area contributed by atoms with Crippen LogP contribution in [-0.2, 0) is 19.9 Å². The third-order valence-corrected chi connectivity index (χ3v) is 5.75. The zero-order chi connectivity index (χ0) is 13.3. The number of sulfonamides is 1. The molecule has 0 saturated carbocycles. The molecule has 0 bridgehead atoms. The van der Waals surface area contributed by atoms with Gasteiger partial charge in [-0.3, -0.25) is 0 Å². The molecule has 10 heteroatoms. The minimum absolute atomic E-state index is 0.0217. The highest BCUT2D eigenvalue weighted by Crippen LogP contribution is 2.18. The maximum Gasteiger partial charge on any atom is 0.228 e. The van der Waals surface area contributed by atoms with E-state index >= 15 is 0 Å². The number of rotatable bonds is 5. The SMILES string of the molecule is CC(C)c1nsc(S(=O)(=O)CCS(N)(=O)=O)n1. The van der Waals surface area contributed by atoms with E-state index in [2.05, 4.69) is 9.36 Å². The van der Waals surface area contributed by atoms with Crippen molar-refractivity contribution in [3.63, 3.8) is 0 Å². The average Bonchev–Trinajstić information content (AvgIpc) is 2.63. The molecule has 1 rings (SSSR count). The lowest BCUT2D eigenvalue weighted by Gasteiger charge is -1.99. The maximum absolute atomic E-state index is 11.7. The fraction of sp³-hybridized carbons (Fsp3) is 0.714. The lowest BCUT2D eigenvalue weighted by atomic mass is 10.2. The number of nitrogens with zero attached hydrogens (tertiary/aromatic N) is 2. The first-order chi connectivity index (χ1) is 7.62. The van der Waals surface area contributed by atoms with E-state index < -0.39 is 31.4 Å². The van der Waals surface area contributed by atoms with Crippen molar-refractivity contribution in [1.29, 1.82) is 0 Å². The first-order valence-electron chi connectivity index (χ1n) is 4.68. The highest BCUT2D eigenvalue weighted by atomic mass is 32.2. The predicted octanol–water partition coefficient (Wildman–Crippen LogP) is -0.276. The molecular weight excluding hydrogens is 286 g/mol. The molecule has 0 amide bonds. The van der Waals surface area contributed by atoms with Gasteiger partial charge in [-0.15, -0.1) is 0 Å². The van der Waals surface area contributed by atoms with Gasteiger partial charge in [0.1, 0.15) is 5.82 Å². The Morgan fingerprint density at radius 3 is 2.24 bits per heavy atom. The van der Waals surface area contributed by atoms with Crippen molar-refractivity contribution in [1.82, 2.24) is 9.36 Å². The Bertz CT molecular complexity index is 588. The molecule has 17 heavy (non-hydrogen) atoms. The molecule has 0 aliphatic heterocycles. The van der Waals surface area contributed by atoms with Crippen molar-refractivity contribution in [2.24, 2.45) is 5.14 Å². The summed E-state index contributed by atoms with van der Waals surface area (Å²) in [5, 5.41) is 4.75. The molecule has 98 valence electrons. The van der Waals surface area contributed by atoms with E-state index in [1.165, 1.54) is 0 Å². The van der Waals surface area contributed by atoms with Gasteiger partial charge in [-0.25, -0.2) is 27.0 Å². The number of hydrogen-bond donors (Lipinski definition) is 1. The van der Waals surface area contributed by atoms with Crippen LogP contribution >= 0.6 is 11.5 Å². The Morgan fingerprint density at radius 2 is 1.82 bits per heavy atom. The first kappa shape index (κ1) is 14.5. The second kappa shape index (κ2) is 4.96. The van der Waals surface area contributed by atoms with Gasteiger partial charge in [-0.2, -0.15) is 4.37 Å². The highest BCUT2D eigenvalue weighted by Gasteiger charge is 2.22. The van der Waals surface area contributed by atoms with Crippen molar-refractivity contribution >= 4 is 31.4 Å². The third kappa shape index (κ3) is 4.30. The molecule has 0 spiro atoms. The van der Waals surface area contributed by atoms with Crippen LogP contribution in [0.5, 0.6) is 0 Å². The van der Waals surface area contributed by atoms with E-state index in [1.54, 1.807) is 0 Å². The zero-order valence-electron chi connectivity index (χ0n) is 9.32. The van der Waals surface area contributed by atoms with Crippen LogP contribution in [-0.4, -0.2) is 37.7 Å². The molecule has 0 aliphatic carbocycles. The second-order valence-electron chi connectivity index (χ2n) is 3.76. The van der Waals surface area contributed by atoms with Crippen LogP contribution in [0.25, 0.3) is 0 Å². The summed E-state index contributed by atoms with van der Waals surface area (Å²) in [4.78, 5) is 3.87. The molecule has 1 heterocycles. The molecule has 0 aromatic carbocycles. The lowest BCUT2D eigenvalue weighted by Crippen LogP contribution is -2.23. The molecule has 1 aromatic heterocycles. The fourth-order valence-electron chi connectivity index (χ4n) is 0.894. The minimum Gasteiger partial charge on any atom is -0.229 e. The standard InChI is InChI=1S/C7H13N3O4S3/c1-5(2)6-9-7(15-10-6)16(11,12)3-4-17(8,13)14/h5H,3-4H2,1-2H3,(H2,8,13,14). The molecule has 2 N–H and O–H groups in total. The number of hydrogen-bond acceptors (Lipinski definition) is 7. The van der Waals surface area contributed by atoms with Gasteiger partial charge in [0.25, 0.3) is 0 Å². The summed E-state index contributed by atoms with van der Waals surface area (Å²) in [6.07, 6.45) is 0. The van der Waals surface area contributed by atoms with Crippen LogP contribution in [0.4, 0.5) is 0 Å². The molecule has 0 atom stereocenters. The summed E-state index contributed by atoms with van der Waals surface area (Å²) in [5.74, 6) is -0.734. The van der Waals surface area contributed by atoms with E-state index in [4.69, 9.17) is 5.14 Å². The van der Waals surface area contributed by atoms with Crippen molar-refractivity contribution in [2.75, 3.05) is 11.5 Å². The fourth-order valence-corrected chi connectivity index (χ4v) is 4.48. The second-order valence-corrected chi connectivity index (χ2v) is 8.53. The first-order valence-corrected chi connectivity index (χ1v) is 8.83. The van der Waals surface area contributed by atoms with E-state index in [0.717, 1.165) is 11.5 Å². The summed E-state index contributed by atoms with van der Waals surface area (Å²) < 4.78 is 48.5. The van der Waals surface area contributed by atoms with Crippen molar-refractivity contribution < 1.29 is 16.8 Å². The summed E-state index contributed by atoms with van der Waals surface area (Å²) >= 11 is 0.751. The van der Waals surface area contributed by atoms with Crippen LogP contribution in [0, 0.1) is 0 Å². The predicted molar refractivity (Wildman–Crippen MR) is 64.0 cm³/mol. The highest BCUT2D eigenvalue weighted by molar-refractivity contribution is 7.95. The third-order valence-electron chi connectivity index (χ3n) is 1.84. The summed E-state index contributed by atoms with van der Waals surface area (Å²) in [6.45, 7) is 3.67. The Hall–Kier alpha value is -0.580. The molecule has 0 unspecified atom stereocenters. The largest absolute Gasteiger partial charge is 0.229 e. The molecule has 0 radical (unpaired) electrons. The van der Waals surface area contributed by atoms with Gasteiger partial charge >= 0.3 is 0 Å². The normalized spacial score (nSPS) is 13.2. The molecule has 1 aromatic rings. The van der Waals surface area contributed by atoms with Crippen molar-refractivity contribution in [2.45, 2.75) is 24.1 Å². The van der Waals surface area contributed by atoms with Gasteiger partial charge in [0, 0.05) is 5.92 Å². The van der Waals surface area contributed by atoms with Crippen LogP contribution < -0.4 is 5.14 Å². The monoisotopic (exact) mass is 299 g/mol. The molecule has 0 aliphatic rings. The molecule has 0 saturated heterocycles. The van der Waals surface area contributed by atoms with Gasteiger partial charge in [-0.1, -0.05) is 13.8 Å². The van der Waals surface area contributed by atoms with E-state index in [-0.39, 0.29) is 10.3 Å². The van der Waals surface area contributed by atoms with E-state index in [1.807, 2.05) is 13.8 Å². The smallest absolute Gasteiger partial charge is 0.228 e. The molecule has 7 nitrogen and oxygen atoms in total. The summed E-state index contributed by atoms with van der Waals surface area (Å²) in [5.41, 5.74) is 0. The van der Waals surface area contributed by atoms with Crippen molar-refractivity contribution in [3.8, 4) is 0 Å². The maximum atomic E-state index is 11.7.